The molecule has 0 bridgehead atoms. The molecule has 1 aliphatic carbocycles. The van der Waals surface area contributed by atoms with E-state index in [1.807, 2.05) is 25.1 Å². The van der Waals surface area contributed by atoms with Crippen LogP contribution in [0.2, 0.25) is 0 Å². The lowest BCUT2D eigenvalue weighted by Gasteiger charge is -2.25. The van der Waals surface area contributed by atoms with Crippen LogP contribution in [0.1, 0.15) is 45.4 Å². The van der Waals surface area contributed by atoms with Crippen LogP contribution in [0, 0.1) is 0 Å². The molecular weight excluding hydrogens is 266 g/mol. The standard InChI is InChI=1S/C17H25NO3/c1-3-16(17(19)18-13-8-5-4-6-9-13)21-15-11-7-10-14(12-15)20-2/h7,10-13,16H,3-6,8-9H2,1-2H3,(H,18,19)/t16-/m1/s1. The van der Waals surface area contributed by atoms with Gasteiger partial charge < -0.3 is 14.8 Å². The molecule has 1 aromatic carbocycles. The van der Waals surface area contributed by atoms with Gasteiger partial charge in [-0.2, -0.15) is 0 Å². The van der Waals surface area contributed by atoms with Crippen molar-refractivity contribution in [1.82, 2.24) is 5.32 Å². The third-order valence-electron chi connectivity index (χ3n) is 3.93. The minimum Gasteiger partial charge on any atom is -0.497 e. The summed E-state index contributed by atoms with van der Waals surface area (Å²) in [6, 6.07) is 7.68. The van der Waals surface area contributed by atoms with E-state index in [0.717, 1.165) is 18.6 Å². The highest BCUT2D eigenvalue weighted by Gasteiger charge is 2.22. The number of ether oxygens (including phenoxy) is 2. The largest absolute Gasteiger partial charge is 0.497 e. The fourth-order valence-electron chi connectivity index (χ4n) is 2.70. The van der Waals surface area contributed by atoms with Gasteiger partial charge in [0.05, 0.1) is 7.11 Å². The highest BCUT2D eigenvalue weighted by Crippen LogP contribution is 2.21. The van der Waals surface area contributed by atoms with Crippen molar-refractivity contribution < 1.29 is 14.3 Å². The monoisotopic (exact) mass is 291 g/mol. The second-order valence-electron chi connectivity index (χ2n) is 5.54. The fourth-order valence-corrected chi connectivity index (χ4v) is 2.70. The van der Waals surface area contributed by atoms with Gasteiger partial charge in [-0.1, -0.05) is 32.3 Å². The Hall–Kier alpha value is -1.71. The van der Waals surface area contributed by atoms with Crippen LogP contribution in [0.5, 0.6) is 11.5 Å². The Labute approximate surface area is 126 Å². The van der Waals surface area contributed by atoms with Crippen LogP contribution in [0.4, 0.5) is 0 Å². The minimum absolute atomic E-state index is 0.00720. The van der Waals surface area contributed by atoms with Gasteiger partial charge in [0.2, 0.25) is 0 Å². The van der Waals surface area contributed by atoms with E-state index < -0.39 is 6.10 Å². The number of hydrogen-bond donors (Lipinski definition) is 1. The predicted molar refractivity (Wildman–Crippen MR) is 82.7 cm³/mol. The number of nitrogens with one attached hydrogen (secondary N) is 1. The maximum Gasteiger partial charge on any atom is 0.261 e. The van der Waals surface area contributed by atoms with Crippen LogP contribution in [0.25, 0.3) is 0 Å². The van der Waals surface area contributed by atoms with Crippen LogP contribution in [-0.2, 0) is 4.79 Å². The van der Waals surface area contributed by atoms with Crippen LogP contribution >= 0.6 is 0 Å². The quantitative estimate of drug-likeness (QED) is 0.874. The van der Waals surface area contributed by atoms with E-state index in [1.165, 1.54) is 19.3 Å². The van der Waals surface area contributed by atoms with Gasteiger partial charge in [-0.15, -0.1) is 0 Å². The van der Waals surface area contributed by atoms with E-state index >= 15 is 0 Å². The molecule has 2 rings (SSSR count). The third kappa shape index (κ3) is 4.66. The summed E-state index contributed by atoms with van der Waals surface area (Å²) < 4.78 is 11.0. The zero-order valence-electron chi connectivity index (χ0n) is 12.9. The van der Waals surface area contributed by atoms with E-state index in [4.69, 9.17) is 9.47 Å². The zero-order chi connectivity index (χ0) is 15.1. The molecule has 1 amide bonds. The summed E-state index contributed by atoms with van der Waals surface area (Å²) in [5.41, 5.74) is 0. The minimum atomic E-state index is -0.445. The molecule has 1 fully saturated rings. The summed E-state index contributed by atoms with van der Waals surface area (Å²) in [6.45, 7) is 1.96. The molecule has 0 aromatic heterocycles. The van der Waals surface area contributed by atoms with E-state index in [-0.39, 0.29) is 5.91 Å². The summed E-state index contributed by atoms with van der Waals surface area (Å²) in [7, 11) is 1.62. The molecule has 0 heterocycles. The molecule has 1 aliphatic rings. The van der Waals surface area contributed by atoms with Gasteiger partial charge in [-0.05, 0) is 31.4 Å². The third-order valence-corrected chi connectivity index (χ3v) is 3.93. The van der Waals surface area contributed by atoms with Crippen molar-refractivity contribution in [2.75, 3.05) is 7.11 Å². The molecule has 21 heavy (non-hydrogen) atoms. The van der Waals surface area contributed by atoms with Crippen LogP contribution in [0.3, 0.4) is 0 Å². The van der Waals surface area contributed by atoms with Gasteiger partial charge in [0.25, 0.3) is 5.91 Å². The second-order valence-corrected chi connectivity index (χ2v) is 5.54. The smallest absolute Gasteiger partial charge is 0.261 e. The molecule has 1 N–H and O–H groups in total. The SMILES string of the molecule is CC[C@@H](Oc1cccc(OC)c1)C(=O)NC1CCCCC1. The summed E-state index contributed by atoms with van der Waals surface area (Å²) in [6.07, 6.45) is 6.07. The molecule has 0 spiro atoms. The highest BCUT2D eigenvalue weighted by atomic mass is 16.5. The number of carbonyl (C=O) groups excluding carboxylic acids is 1. The van der Waals surface area contributed by atoms with Crippen LogP contribution in [-0.4, -0.2) is 25.2 Å². The normalized spacial score (nSPS) is 17.0. The van der Waals surface area contributed by atoms with E-state index in [2.05, 4.69) is 5.32 Å². The first-order valence-corrected chi connectivity index (χ1v) is 7.84. The highest BCUT2D eigenvalue weighted by molar-refractivity contribution is 5.81. The van der Waals surface area contributed by atoms with Crippen molar-refractivity contribution in [3.8, 4) is 11.5 Å². The molecule has 4 heteroatoms. The lowest BCUT2D eigenvalue weighted by Crippen LogP contribution is -2.44. The van der Waals surface area contributed by atoms with Crippen molar-refractivity contribution >= 4 is 5.91 Å². The molecule has 1 aromatic rings. The second kappa shape index (κ2) is 7.91. The summed E-state index contributed by atoms with van der Waals surface area (Å²) in [5.74, 6) is 1.39. The Morgan fingerprint density at radius 3 is 2.67 bits per heavy atom. The van der Waals surface area contributed by atoms with Crippen molar-refractivity contribution in [3.63, 3.8) is 0 Å². The maximum absolute atomic E-state index is 12.3. The first-order chi connectivity index (χ1) is 10.2. The number of rotatable bonds is 6. The molecule has 0 radical (unpaired) electrons. The first-order valence-electron chi connectivity index (χ1n) is 7.84. The molecule has 0 unspecified atom stereocenters. The average molecular weight is 291 g/mol. The Kier molecular flexibility index (Phi) is 5.90. The molecule has 1 atom stereocenters. The van der Waals surface area contributed by atoms with Crippen LogP contribution < -0.4 is 14.8 Å². The maximum atomic E-state index is 12.3. The Balaban J connectivity index is 1.92. The Morgan fingerprint density at radius 1 is 1.29 bits per heavy atom. The number of carbonyl (C=O) groups is 1. The number of benzene rings is 1. The fraction of sp³-hybridized carbons (Fsp3) is 0.588. The topological polar surface area (TPSA) is 47.6 Å². The van der Waals surface area contributed by atoms with E-state index in [0.29, 0.717) is 18.2 Å². The Bertz CT molecular complexity index is 455. The molecule has 0 aliphatic heterocycles. The lowest BCUT2D eigenvalue weighted by molar-refractivity contribution is -0.129. The van der Waals surface area contributed by atoms with Crippen LogP contribution in [0.15, 0.2) is 24.3 Å². The molecule has 0 saturated heterocycles. The number of methoxy groups -OCH3 is 1. The van der Waals surface area contributed by atoms with Crippen molar-refractivity contribution in [2.24, 2.45) is 0 Å². The molecular formula is C17H25NO3. The number of hydrogen-bond acceptors (Lipinski definition) is 3. The van der Waals surface area contributed by atoms with Crippen molar-refractivity contribution in [2.45, 2.75) is 57.6 Å². The summed E-state index contributed by atoms with van der Waals surface area (Å²) in [4.78, 5) is 12.3. The van der Waals surface area contributed by atoms with E-state index in [1.54, 1.807) is 13.2 Å². The van der Waals surface area contributed by atoms with Gasteiger partial charge >= 0.3 is 0 Å². The van der Waals surface area contributed by atoms with Gasteiger partial charge in [0.15, 0.2) is 6.10 Å². The summed E-state index contributed by atoms with van der Waals surface area (Å²) in [5, 5.41) is 3.12. The van der Waals surface area contributed by atoms with Gasteiger partial charge in [0, 0.05) is 12.1 Å². The molecule has 116 valence electrons. The lowest BCUT2D eigenvalue weighted by atomic mass is 9.95. The van der Waals surface area contributed by atoms with Gasteiger partial charge in [-0.3, -0.25) is 4.79 Å². The number of amides is 1. The predicted octanol–water partition coefficient (Wildman–Crippen LogP) is 3.30. The first kappa shape index (κ1) is 15.7. The Morgan fingerprint density at radius 2 is 2.00 bits per heavy atom. The van der Waals surface area contributed by atoms with Crippen molar-refractivity contribution in [1.29, 1.82) is 0 Å². The van der Waals surface area contributed by atoms with Gasteiger partial charge in [0.1, 0.15) is 11.5 Å². The summed E-state index contributed by atoms with van der Waals surface area (Å²) >= 11 is 0. The zero-order valence-corrected chi connectivity index (χ0v) is 12.9. The van der Waals surface area contributed by atoms with Crippen molar-refractivity contribution in [3.05, 3.63) is 24.3 Å². The average Bonchev–Trinajstić information content (AvgIpc) is 2.53. The van der Waals surface area contributed by atoms with Gasteiger partial charge in [-0.25, -0.2) is 0 Å². The molecule has 1 saturated carbocycles. The molecule has 4 nitrogen and oxygen atoms in total. The van der Waals surface area contributed by atoms with E-state index in [9.17, 15) is 4.79 Å².